The van der Waals surface area contributed by atoms with Gasteiger partial charge in [-0.1, -0.05) is 83.9 Å². The Morgan fingerprint density at radius 3 is 1.91 bits per heavy atom. The third kappa shape index (κ3) is 2.53. The molecule has 1 unspecified atom stereocenters. The van der Waals surface area contributed by atoms with E-state index in [0.717, 1.165) is 11.1 Å². The van der Waals surface area contributed by atoms with Gasteiger partial charge < -0.3 is 4.74 Å². The maximum atomic E-state index is 12.0. The molecule has 5 heteroatoms. The number of benzene rings is 2. The Labute approximate surface area is 145 Å². The molecule has 0 bridgehead atoms. The molecule has 0 amide bonds. The Balaban J connectivity index is 2.06. The summed E-state index contributed by atoms with van der Waals surface area (Å²) < 4.78 is 3.85. The molecule has 1 aliphatic rings. The van der Waals surface area contributed by atoms with Gasteiger partial charge in [-0.2, -0.15) is 0 Å². The lowest BCUT2D eigenvalue weighted by atomic mass is 9.90. The van der Waals surface area contributed by atoms with Crippen LogP contribution < -0.4 is 0 Å². The second kappa shape index (κ2) is 6.16. The zero-order valence-corrected chi connectivity index (χ0v) is 14.2. The molecule has 0 saturated carbocycles. The molecule has 3 rings (SSSR count). The molecule has 2 aromatic rings. The molecule has 1 atom stereocenters. The summed E-state index contributed by atoms with van der Waals surface area (Å²) in [6.45, 7) is 2.13. The minimum absolute atomic E-state index is 0.0324. The highest BCUT2D eigenvalue weighted by Gasteiger charge is 2.76. The summed E-state index contributed by atoms with van der Waals surface area (Å²) in [5, 5.41) is 0. The smallest absolute Gasteiger partial charge is 0.320 e. The summed E-state index contributed by atoms with van der Waals surface area (Å²) in [4.78, 5) is 13.7. The van der Waals surface area contributed by atoms with Crippen molar-refractivity contribution >= 4 is 29.2 Å². The lowest BCUT2D eigenvalue weighted by Gasteiger charge is -2.18. The fourth-order valence-corrected chi connectivity index (χ4v) is 4.02. The monoisotopic (exact) mass is 349 g/mol. The average Bonchev–Trinajstić information content (AvgIpc) is 3.05. The van der Waals surface area contributed by atoms with E-state index in [1.165, 1.54) is 0 Å². The van der Waals surface area contributed by atoms with Crippen LogP contribution in [0, 0.1) is 0 Å². The largest absolute Gasteiger partial charge is 0.465 e. The normalized spacial score (nSPS) is 20.7. The maximum Gasteiger partial charge on any atom is 0.320 e. The molecular formula is C18H17Cl2NO2. The van der Waals surface area contributed by atoms with E-state index in [-0.39, 0.29) is 12.5 Å². The summed E-state index contributed by atoms with van der Waals surface area (Å²) in [7, 11) is 0. The lowest BCUT2D eigenvalue weighted by Crippen LogP contribution is -2.24. The lowest BCUT2D eigenvalue weighted by molar-refractivity contribution is -0.143. The zero-order chi connectivity index (χ0) is 16.5. The van der Waals surface area contributed by atoms with E-state index in [1.54, 1.807) is 11.8 Å². The third-order valence-electron chi connectivity index (χ3n) is 4.10. The van der Waals surface area contributed by atoms with E-state index in [1.807, 2.05) is 60.7 Å². The summed E-state index contributed by atoms with van der Waals surface area (Å²) in [6.07, 6.45) is 0. The first-order valence-electron chi connectivity index (χ1n) is 7.47. The van der Waals surface area contributed by atoms with E-state index in [2.05, 4.69) is 0 Å². The van der Waals surface area contributed by atoms with Crippen molar-refractivity contribution in [3.05, 3.63) is 71.8 Å². The van der Waals surface area contributed by atoms with Crippen LogP contribution in [0.4, 0.5) is 0 Å². The van der Waals surface area contributed by atoms with Gasteiger partial charge in [0.1, 0.15) is 12.1 Å². The molecular weight excluding hydrogens is 333 g/mol. The first kappa shape index (κ1) is 16.3. The van der Waals surface area contributed by atoms with Crippen LogP contribution in [0.3, 0.4) is 0 Å². The molecule has 0 aromatic heterocycles. The highest BCUT2D eigenvalue weighted by molar-refractivity contribution is 6.52. The molecule has 1 fully saturated rings. The standard InChI is InChI=1S/C18H17Cl2NO2/c1-2-23-16(22)13-21-17(18(21,19)20,14-9-5-3-6-10-14)15-11-7-4-8-12-15/h3-12H,2,13H2,1H3. The fraction of sp³-hybridized carbons (Fsp3) is 0.278. The zero-order valence-electron chi connectivity index (χ0n) is 12.7. The summed E-state index contributed by atoms with van der Waals surface area (Å²) >= 11 is 13.3. The van der Waals surface area contributed by atoms with Crippen molar-refractivity contribution < 1.29 is 9.53 Å². The van der Waals surface area contributed by atoms with Crippen LogP contribution in [0.5, 0.6) is 0 Å². The number of alkyl halides is 2. The Morgan fingerprint density at radius 2 is 1.48 bits per heavy atom. The van der Waals surface area contributed by atoms with Crippen LogP contribution in [-0.2, 0) is 15.1 Å². The Bertz CT molecular complexity index is 649. The molecule has 1 aliphatic heterocycles. The molecule has 0 N–H and O–H groups in total. The van der Waals surface area contributed by atoms with Crippen LogP contribution in [0.1, 0.15) is 18.1 Å². The average molecular weight is 350 g/mol. The molecule has 3 nitrogen and oxygen atoms in total. The van der Waals surface area contributed by atoms with Gasteiger partial charge in [0.25, 0.3) is 0 Å². The summed E-state index contributed by atoms with van der Waals surface area (Å²) in [6, 6.07) is 19.5. The highest BCUT2D eigenvalue weighted by Crippen LogP contribution is 2.67. The summed E-state index contributed by atoms with van der Waals surface area (Å²) in [5.41, 5.74) is 1.13. The summed E-state index contributed by atoms with van der Waals surface area (Å²) in [5.74, 6) is -0.341. The number of carbonyl (C=O) groups excluding carboxylic acids is 1. The van der Waals surface area contributed by atoms with E-state index >= 15 is 0 Å². The minimum Gasteiger partial charge on any atom is -0.465 e. The first-order chi connectivity index (χ1) is 11.0. The SMILES string of the molecule is CCOC(=O)CN1C(Cl)(Cl)C1(c1ccccc1)c1ccccc1. The molecule has 1 saturated heterocycles. The predicted octanol–water partition coefficient (Wildman–Crippen LogP) is 3.94. The number of rotatable bonds is 5. The van der Waals surface area contributed by atoms with E-state index in [0.29, 0.717) is 6.61 Å². The van der Waals surface area contributed by atoms with Crippen LogP contribution in [0.25, 0.3) is 0 Å². The number of ether oxygens (including phenoxy) is 1. The molecule has 1 heterocycles. The van der Waals surface area contributed by atoms with E-state index in [9.17, 15) is 4.79 Å². The van der Waals surface area contributed by atoms with Crippen LogP contribution >= 0.6 is 23.2 Å². The first-order valence-corrected chi connectivity index (χ1v) is 8.23. The second-order valence-electron chi connectivity index (χ2n) is 5.37. The molecule has 0 radical (unpaired) electrons. The third-order valence-corrected chi connectivity index (χ3v) is 5.06. The van der Waals surface area contributed by atoms with Gasteiger partial charge >= 0.3 is 5.97 Å². The van der Waals surface area contributed by atoms with E-state index in [4.69, 9.17) is 27.9 Å². The number of hydrogen-bond donors (Lipinski definition) is 0. The maximum absolute atomic E-state index is 12.0. The topological polar surface area (TPSA) is 29.3 Å². The molecule has 23 heavy (non-hydrogen) atoms. The Morgan fingerprint density at radius 1 is 1.00 bits per heavy atom. The Kier molecular flexibility index (Phi) is 4.37. The predicted molar refractivity (Wildman–Crippen MR) is 91.4 cm³/mol. The number of esters is 1. The number of nitrogens with zero attached hydrogens (tertiary/aromatic N) is 1. The number of halogens is 2. The number of carbonyl (C=O) groups is 1. The van der Waals surface area contributed by atoms with Gasteiger partial charge in [-0.15, -0.1) is 0 Å². The van der Waals surface area contributed by atoms with E-state index < -0.39 is 10.00 Å². The van der Waals surface area contributed by atoms with Gasteiger partial charge in [-0.05, 0) is 18.1 Å². The van der Waals surface area contributed by atoms with Crippen LogP contribution in [-0.4, -0.2) is 28.5 Å². The van der Waals surface area contributed by atoms with Gasteiger partial charge in [-0.3, -0.25) is 4.79 Å². The van der Waals surface area contributed by atoms with Gasteiger partial charge in [0.15, 0.2) is 4.46 Å². The second-order valence-corrected chi connectivity index (χ2v) is 6.66. The fourth-order valence-electron chi connectivity index (χ4n) is 3.09. The van der Waals surface area contributed by atoms with Gasteiger partial charge in [0, 0.05) is 0 Å². The van der Waals surface area contributed by atoms with Crippen molar-refractivity contribution in [2.75, 3.05) is 13.2 Å². The van der Waals surface area contributed by atoms with Crippen LogP contribution in [0.15, 0.2) is 60.7 Å². The van der Waals surface area contributed by atoms with Crippen molar-refractivity contribution in [3.63, 3.8) is 0 Å². The molecule has 120 valence electrons. The number of hydrogen-bond acceptors (Lipinski definition) is 3. The van der Waals surface area contributed by atoms with Gasteiger partial charge in [0.05, 0.1) is 6.61 Å². The van der Waals surface area contributed by atoms with Crippen molar-refractivity contribution in [1.82, 2.24) is 4.90 Å². The minimum atomic E-state index is -1.21. The van der Waals surface area contributed by atoms with Crippen molar-refractivity contribution in [2.24, 2.45) is 0 Å². The van der Waals surface area contributed by atoms with Crippen molar-refractivity contribution in [3.8, 4) is 0 Å². The molecule has 0 spiro atoms. The molecule has 2 aromatic carbocycles. The van der Waals surface area contributed by atoms with Gasteiger partial charge in [-0.25, -0.2) is 4.90 Å². The van der Waals surface area contributed by atoms with Crippen LogP contribution in [0.2, 0.25) is 0 Å². The van der Waals surface area contributed by atoms with Crippen molar-refractivity contribution in [2.45, 2.75) is 16.9 Å². The molecule has 0 aliphatic carbocycles. The van der Waals surface area contributed by atoms with Gasteiger partial charge in [0.2, 0.25) is 0 Å². The highest BCUT2D eigenvalue weighted by atomic mass is 35.5. The Hall–Kier alpha value is -1.55. The quantitative estimate of drug-likeness (QED) is 0.354. The van der Waals surface area contributed by atoms with Crippen molar-refractivity contribution in [1.29, 1.82) is 0 Å².